The van der Waals surface area contributed by atoms with E-state index in [9.17, 15) is 55.9 Å². The topological polar surface area (TPSA) is 275 Å². The molecule has 17 heteroatoms. The molecule has 0 aromatic heterocycles. The van der Waals surface area contributed by atoms with Crippen molar-refractivity contribution in [3.05, 3.63) is 22.8 Å². The van der Waals surface area contributed by atoms with Crippen LogP contribution in [0.1, 0.15) is 113 Å². The van der Waals surface area contributed by atoms with Crippen LogP contribution in [-0.2, 0) is 33.2 Å². The molecule has 21 unspecified atom stereocenters. The van der Waals surface area contributed by atoms with Crippen molar-refractivity contribution in [2.45, 2.75) is 205 Å². The fraction of sp³-hybridized carbons (Fsp3) is 0.894. The molecule has 17 nitrogen and oxygen atoms in total. The molecule has 5 fully saturated rings. The summed E-state index contributed by atoms with van der Waals surface area (Å²) in [5.74, 6) is 0.0476. The van der Waals surface area contributed by atoms with Crippen LogP contribution in [0.2, 0.25) is 0 Å². The molecule has 0 spiro atoms. The Hall–Kier alpha value is -1.65. The Morgan fingerprint density at radius 3 is 1.89 bits per heavy atom. The lowest BCUT2D eigenvalue weighted by Crippen LogP contribution is -2.66. The molecular formula is C47H76O17. The quantitative estimate of drug-likeness (QED) is 0.118. The predicted molar refractivity (Wildman–Crippen MR) is 227 cm³/mol. The van der Waals surface area contributed by atoms with Crippen molar-refractivity contribution in [2.75, 3.05) is 19.8 Å². The molecule has 3 heterocycles. The first kappa shape index (κ1) is 50.2. The highest BCUT2D eigenvalue weighted by atomic mass is 16.8. The third kappa shape index (κ3) is 8.37. The number of carbonyl (C=O) groups is 1. The summed E-state index contributed by atoms with van der Waals surface area (Å²) >= 11 is 0. The van der Waals surface area contributed by atoms with Gasteiger partial charge in [-0.3, -0.25) is 4.79 Å². The number of aliphatic hydroxyl groups is 9. The van der Waals surface area contributed by atoms with Crippen LogP contribution in [-0.4, -0.2) is 169 Å². The van der Waals surface area contributed by atoms with Crippen LogP contribution in [0.3, 0.4) is 0 Å². The minimum absolute atomic E-state index is 0.0630. The predicted octanol–water partition coefficient (Wildman–Crippen LogP) is 1.66. The molecule has 0 amide bonds. The van der Waals surface area contributed by atoms with Crippen molar-refractivity contribution in [1.29, 1.82) is 0 Å². The van der Waals surface area contributed by atoms with Gasteiger partial charge in [-0.1, -0.05) is 57.4 Å². The number of hydrogen-bond donors (Lipinski definition) is 10. The fourth-order valence-corrected chi connectivity index (χ4v) is 13.8. The van der Waals surface area contributed by atoms with Gasteiger partial charge in [-0.05, 0) is 112 Å². The summed E-state index contributed by atoms with van der Waals surface area (Å²) in [4.78, 5) is 13.8. The van der Waals surface area contributed by atoms with E-state index >= 15 is 0 Å². The molecule has 64 heavy (non-hydrogen) atoms. The zero-order valence-corrected chi connectivity index (χ0v) is 38.5. The van der Waals surface area contributed by atoms with E-state index in [1.807, 2.05) is 0 Å². The Kier molecular flexibility index (Phi) is 14.9. The van der Waals surface area contributed by atoms with E-state index in [1.54, 1.807) is 0 Å². The summed E-state index contributed by atoms with van der Waals surface area (Å²) in [7, 11) is 0. The Balaban J connectivity index is 1.16. The summed E-state index contributed by atoms with van der Waals surface area (Å²) in [6.07, 6.45) is -13.0. The molecule has 7 aliphatic rings. The number of hydrogen-bond acceptors (Lipinski definition) is 16. The summed E-state index contributed by atoms with van der Waals surface area (Å²) in [6.45, 7) is 13.5. The van der Waals surface area contributed by atoms with Gasteiger partial charge < -0.3 is 79.5 Å². The molecule has 0 bridgehead atoms. The third-order valence-corrected chi connectivity index (χ3v) is 17.4. The molecular weight excluding hydrogens is 837 g/mol. The van der Waals surface area contributed by atoms with E-state index in [1.165, 1.54) is 11.1 Å². The SMILES string of the molecule is CC(C)=CCCC(C)C1CCC2(C(=O)O)C3=C(CCC12C)C1(C)CCC(OC2OCC(O)C(OC4OC(CO)C(O)C(O)C4O)C2OC2OC(CO)C(O)C(O)C2O)C(C)(C)C1CC3. The van der Waals surface area contributed by atoms with Crippen LogP contribution >= 0.6 is 0 Å². The molecule has 3 aliphatic heterocycles. The van der Waals surface area contributed by atoms with Crippen LogP contribution in [0.5, 0.6) is 0 Å². The van der Waals surface area contributed by atoms with Gasteiger partial charge in [-0.2, -0.15) is 0 Å². The van der Waals surface area contributed by atoms with Gasteiger partial charge in [0.25, 0.3) is 0 Å². The highest BCUT2D eigenvalue weighted by molar-refractivity contribution is 5.82. The van der Waals surface area contributed by atoms with E-state index in [4.69, 9.17) is 28.4 Å². The van der Waals surface area contributed by atoms with Gasteiger partial charge in [-0.15, -0.1) is 0 Å². The highest BCUT2D eigenvalue weighted by Crippen LogP contribution is 2.73. The third-order valence-electron chi connectivity index (χ3n) is 17.4. The maximum absolute atomic E-state index is 13.8. The Labute approximate surface area is 376 Å². The molecule has 366 valence electrons. The van der Waals surface area contributed by atoms with E-state index in [0.717, 1.165) is 44.1 Å². The van der Waals surface area contributed by atoms with Crippen molar-refractivity contribution in [3.8, 4) is 0 Å². The minimum atomic E-state index is -1.85. The van der Waals surface area contributed by atoms with Crippen molar-refractivity contribution in [3.63, 3.8) is 0 Å². The van der Waals surface area contributed by atoms with E-state index < -0.39 is 122 Å². The van der Waals surface area contributed by atoms with E-state index in [2.05, 4.69) is 54.5 Å². The Morgan fingerprint density at radius 1 is 0.734 bits per heavy atom. The molecule has 3 saturated heterocycles. The molecule has 10 N–H and O–H groups in total. The van der Waals surface area contributed by atoms with Gasteiger partial charge in [0.1, 0.15) is 67.1 Å². The average Bonchev–Trinajstić information content (AvgIpc) is 3.58. The number of carboxylic acids is 1. The molecule has 7 rings (SSSR count). The summed E-state index contributed by atoms with van der Waals surface area (Å²) < 4.78 is 36.7. The lowest BCUT2D eigenvalue weighted by molar-refractivity contribution is -0.388. The number of fused-ring (bicyclic) bond motifs is 4. The van der Waals surface area contributed by atoms with Crippen LogP contribution in [0.25, 0.3) is 0 Å². The fourth-order valence-electron chi connectivity index (χ4n) is 13.8. The molecule has 0 radical (unpaired) electrons. The van der Waals surface area contributed by atoms with Crippen molar-refractivity contribution in [2.24, 2.45) is 39.4 Å². The average molecular weight is 913 g/mol. The van der Waals surface area contributed by atoms with Gasteiger partial charge in [0.2, 0.25) is 0 Å². The first-order valence-electron chi connectivity index (χ1n) is 23.6. The number of aliphatic carboxylic acids is 1. The van der Waals surface area contributed by atoms with Crippen LogP contribution in [0, 0.1) is 39.4 Å². The minimum Gasteiger partial charge on any atom is -0.481 e. The number of ether oxygens (including phenoxy) is 6. The standard InChI is InChI=1S/C47H76O17/c1-22(2)9-8-10-23(3)24-14-18-47(43(57)58)26-11-12-30-44(4,5)31(15-16-45(30,6)25(26)13-17-46(24,47)7)62-42-39(64-41-37(56)35(54)33(52)29(20-49)61-41)38(27(50)21-59-42)63-40-36(55)34(53)32(51)28(19-48)60-40/h9,23-24,27-42,48-56H,8,10-21H2,1-7H3,(H,57,58). The highest BCUT2D eigenvalue weighted by Gasteiger charge is 2.68. The largest absolute Gasteiger partial charge is 0.481 e. The van der Waals surface area contributed by atoms with Gasteiger partial charge >= 0.3 is 5.97 Å². The first-order chi connectivity index (χ1) is 30.1. The second-order valence-electron chi connectivity index (χ2n) is 21.4. The second kappa shape index (κ2) is 19.0. The van der Waals surface area contributed by atoms with Gasteiger partial charge in [0.15, 0.2) is 18.9 Å². The maximum atomic E-state index is 13.8. The van der Waals surface area contributed by atoms with E-state index in [0.29, 0.717) is 37.5 Å². The van der Waals surface area contributed by atoms with Crippen molar-refractivity contribution in [1.82, 2.24) is 0 Å². The molecule has 2 saturated carbocycles. The van der Waals surface area contributed by atoms with Gasteiger partial charge in [-0.25, -0.2) is 0 Å². The zero-order chi connectivity index (χ0) is 46.8. The first-order valence-corrected chi connectivity index (χ1v) is 23.6. The van der Waals surface area contributed by atoms with Crippen molar-refractivity contribution >= 4 is 5.97 Å². The normalized spacial score (nSPS) is 48.5. The lowest BCUT2D eigenvalue weighted by atomic mass is 9.43. The van der Waals surface area contributed by atoms with Crippen LogP contribution < -0.4 is 0 Å². The van der Waals surface area contributed by atoms with E-state index in [-0.39, 0.29) is 23.4 Å². The molecule has 4 aliphatic carbocycles. The van der Waals surface area contributed by atoms with Gasteiger partial charge in [0, 0.05) is 0 Å². The van der Waals surface area contributed by atoms with Crippen molar-refractivity contribution < 1.29 is 84.3 Å². The smallest absolute Gasteiger partial charge is 0.314 e. The Bertz CT molecular complexity index is 1710. The number of allylic oxidation sites excluding steroid dienone is 3. The summed E-state index contributed by atoms with van der Waals surface area (Å²) in [5, 5.41) is 107. The Morgan fingerprint density at radius 2 is 1.33 bits per heavy atom. The maximum Gasteiger partial charge on any atom is 0.314 e. The van der Waals surface area contributed by atoms with Crippen LogP contribution in [0.15, 0.2) is 22.8 Å². The number of aliphatic hydroxyl groups excluding tert-OH is 9. The molecule has 0 aromatic carbocycles. The number of carboxylic acid groups (broad SMARTS) is 1. The second-order valence-corrected chi connectivity index (χ2v) is 21.4. The lowest BCUT2D eigenvalue weighted by Gasteiger charge is -2.62. The summed E-state index contributed by atoms with van der Waals surface area (Å²) in [5.41, 5.74) is 1.55. The zero-order valence-electron chi connectivity index (χ0n) is 38.5. The summed E-state index contributed by atoms with van der Waals surface area (Å²) in [6, 6.07) is 0. The molecule has 21 atom stereocenters. The monoisotopic (exact) mass is 913 g/mol. The number of rotatable bonds is 13. The van der Waals surface area contributed by atoms with Gasteiger partial charge in [0.05, 0.1) is 31.3 Å². The van der Waals surface area contributed by atoms with Crippen LogP contribution in [0.4, 0.5) is 0 Å². The molecule has 0 aromatic rings.